The van der Waals surface area contributed by atoms with Crippen molar-refractivity contribution in [3.05, 3.63) is 12.7 Å². The maximum absolute atomic E-state index is 5.16. The standard InChI is InChI=1S/C7H13N3O2/c1-7(11-2,12-3)4-10-5-8-9-6-10/h5-6H,4H2,1-3H3. The maximum atomic E-state index is 5.16. The molecule has 68 valence electrons. The molecule has 0 spiro atoms. The van der Waals surface area contributed by atoms with Gasteiger partial charge in [-0.3, -0.25) is 0 Å². The second-order valence-electron chi connectivity index (χ2n) is 2.68. The smallest absolute Gasteiger partial charge is 0.182 e. The number of rotatable bonds is 4. The first-order chi connectivity index (χ1) is 5.70. The summed E-state index contributed by atoms with van der Waals surface area (Å²) < 4.78 is 12.1. The molecule has 0 aliphatic rings. The average Bonchev–Trinajstić information content (AvgIpc) is 2.57. The Labute approximate surface area is 71.3 Å². The molecule has 5 heteroatoms. The Hall–Kier alpha value is -0.940. The van der Waals surface area contributed by atoms with Crippen LogP contribution in [0.25, 0.3) is 0 Å². The fourth-order valence-electron chi connectivity index (χ4n) is 0.848. The van der Waals surface area contributed by atoms with Crippen LogP contribution in [0.15, 0.2) is 12.7 Å². The molecular weight excluding hydrogens is 158 g/mol. The molecule has 12 heavy (non-hydrogen) atoms. The first kappa shape index (κ1) is 9.15. The molecule has 0 fully saturated rings. The van der Waals surface area contributed by atoms with E-state index < -0.39 is 5.79 Å². The molecule has 0 atom stereocenters. The highest BCUT2D eigenvalue weighted by Crippen LogP contribution is 2.11. The van der Waals surface area contributed by atoms with Gasteiger partial charge in [-0.15, -0.1) is 10.2 Å². The molecule has 1 aromatic rings. The van der Waals surface area contributed by atoms with E-state index in [9.17, 15) is 0 Å². The summed E-state index contributed by atoms with van der Waals surface area (Å²) in [5.41, 5.74) is 0. The maximum Gasteiger partial charge on any atom is 0.182 e. The summed E-state index contributed by atoms with van der Waals surface area (Å²) in [6.07, 6.45) is 3.24. The Morgan fingerprint density at radius 3 is 2.17 bits per heavy atom. The minimum Gasteiger partial charge on any atom is -0.352 e. The highest BCUT2D eigenvalue weighted by Gasteiger charge is 2.22. The van der Waals surface area contributed by atoms with Crippen molar-refractivity contribution in [1.29, 1.82) is 0 Å². The third-order valence-corrected chi connectivity index (χ3v) is 1.80. The minimum absolute atomic E-state index is 0.576. The van der Waals surface area contributed by atoms with E-state index in [0.29, 0.717) is 6.54 Å². The number of methoxy groups -OCH3 is 2. The Morgan fingerprint density at radius 2 is 1.75 bits per heavy atom. The molecule has 0 N–H and O–H groups in total. The lowest BCUT2D eigenvalue weighted by molar-refractivity contribution is -0.201. The summed E-state index contributed by atoms with van der Waals surface area (Å²) in [6.45, 7) is 2.43. The van der Waals surface area contributed by atoms with E-state index in [2.05, 4.69) is 10.2 Å². The van der Waals surface area contributed by atoms with Crippen molar-refractivity contribution in [1.82, 2.24) is 14.8 Å². The van der Waals surface area contributed by atoms with Crippen LogP contribution in [-0.2, 0) is 16.0 Å². The first-order valence-corrected chi connectivity index (χ1v) is 3.63. The van der Waals surface area contributed by atoms with Gasteiger partial charge in [0.05, 0.1) is 6.54 Å². The zero-order valence-corrected chi connectivity index (χ0v) is 7.52. The van der Waals surface area contributed by atoms with Crippen LogP contribution in [0.4, 0.5) is 0 Å². The Kier molecular flexibility index (Phi) is 2.78. The van der Waals surface area contributed by atoms with Gasteiger partial charge < -0.3 is 14.0 Å². The third kappa shape index (κ3) is 2.02. The Bertz CT molecular complexity index is 219. The number of aromatic nitrogens is 3. The van der Waals surface area contributed by atoms with Gasteiger partial charge in [0.1, 0.15) is 12.7 Å². The summed E-state index contributed by atoms with van der Waals surface area (Å²) >= 11 is 0. The van der Waals surface area contributed by atoms with Crippen molar-refractivity contribution < 1.29 is 9.47 Å². The molecule has 0 saturated carbocycles. The van der Waals surface area contributed by atoms with E-state index in [-0.39, 0.29) is 0 Å². The molecule has 0 unspecified atom stereocenters. The van der Waals surface area contributed by atoms with Gasteiger partial charge in [-0.05, 0) is 6.92 Å². The highest BCUT2D eigenvalue weighted by atomic mass is 16.7. The van der Waals surface area contributed by atoms with Crippen LogP contribution in [-0.4, -0.2) is 34.8 Å². The molecule has 0 amide bonds. The number of hydrogen-bond donors (Lipinski definition) is 0. The van der Waals surface area contributed by atoms with Gasteiger partial charge in [-0.25, -0.2) is 0 Å². The zero-order valence-electron chi connectivity index (χ0n) is 7.52. The van der Waals surface area contributed by atoms with Gasteiger partial charge in [0.2, 0.25) is 0 Å². The van der Waals surface area contributed by atoms with E-state index in [0.717, 1.165) is 0 Å². The molecule has 1 rings (SSSR count). The van der Waals surface area contributed by atoms with E-state index >= 15 is 0 Å². The van der Waals surface area contributed by atoms with Gasteiger partial charge in [-0.1, -0.05) is 0 Å². The van der Waals surface area contributed by atoms with Crippen molar-refractivity contribution >= 4 is 0 Å². The lowest BCUT2D eigenvalue weighted by Crippen LogP contribution is -2.34. The van der Waals surface area contributed by atoms with E-state index in [1.165, 1.54) is 0 Å². The van der Waals surface area contributed by atoms with Crippen molar-refractivity contribution in [2.45, 2.75) is 19.3 Å². The lowest BCUT2D eigenvalue weighted by Gasteiger charge is -2.26. The van der Waals surface area contributed by atoms with E-state index in [4.69, 9.17) is 9.47 Å². The molecule has 0 aliphatic heterocycles. The largest absolute Gasteiger partial charge is 0.352 e. The van der Waals surface area contributed by atoms with Gasteiger partial charge in [0.15, 0.2) is 5.79 Å². The Morgan fingerprint density at radius 1 is 1.25 bits per heavy atom. The van der Waals surface area contributed by atoms with Gasteiger partial charge >= 0.3 is 0 Å². The second kappa shape index (κ2) is 3.64. The van der Waals surface area contributed by atoms with Gasteiger partial charge in [-0.2, -0.15) is 0 Å². The fourth-order valence-corrected chi connectivity index (χ4v) is 0.848. The monoisotopic (exact) mass is 171 g/mol. The molecule has 0 aliphatic carbocycles. The summed E-state index contributed by atoms with van der Waals surface area (Å²) in [5.74, 6) is -0.609. The van der Waals surface area contributed by atoms with Crippen LogP contribution < -0.4 is 0 Å². The molecule has 1 aromatic heterocycles. The molecule has 0 bridgehead atoms. The average molecular weight is 171 g/mol. The van der Waals surface area contributed by atoms with Gasteiger partial charge in [0.25, 0.3) is 0 Å². The molecule has 1 heterocycles. The lowest BCUT2D eigenvalue weighted by atomic mass is 10.3. The Balaban J connectivity index is 2.60. The predicted molar refractivity (Wildman–Crippen MR) is 42.4 cm³/mol. The second-order valence-corrected chi connectivity index (χ2v) is 2.68. The molecule has 0 radical (unpaired) electrons. The number of ether oxygens (including phenoxy) is 2. The van der Waals surface area contributed by atoms with Crippen LogP contribution in [0.5, 0.6) is 0 Å². The molecule has 5 nitrogen and oxygen atoms in total. The van der Waals surface area contributed by atoms with Crippen molar-refractivity contribution in [3.8, 4) is 0 Å². The van der Waals surface area contributed by atoms with E-state index in [1.807, 2.05) is 6.92 Å². The predicted octanol–water partition coefficient (Wildman–Crippen LogP) is 0.287. The first-order valence-electron chi connectivity index (χ1n) is 3.63. The highest BCUT2D eigenvalue weighted by molar-refractivity contribution is 4.68. The van der Waals surface area contributed by atoms with Crippen LogP contribution in [0.2, 0.25) is 0 Å². The quantitative estimate of drug-likeness (QED) is 0.611. The topological polar surface area (TPSA) is 49.2 Å². The molecule has 0 aromatic carbocycles. The van der Waals surface area contributed by atoms with E-state index in [1.54, 1.807) is 31.4 Å². The third-order valence-electron chi connectivity index (χ3n) is 1.80. The van der Waals surface area contributed by atoms with Crippen LogP contribution in [0.3, 0.4) is 0 Å². The normalized spacial score (nSPS) is 11.9. The zero-order chi connectivity index (χ0) is 9.03. The van der Waals surface area contributed by atoms with Crippen LogP contribution in [0.1, 0.15) is 6.92 Å². The van der Waals surface area contributed by atoms with Crippen LogP contribution in [0, 0.1) is 0 Å². The molecule has 0 saturated heterocycles. The molecular formula is C7H13N3O2. The minimum atomic E-state index is -0.609. The summed E-state index contributed by atoms with van der Waals surface area (Å²) in [4.78, 5) is 0. The van der Waals surface area contributed by atoms with Crippen LogP contribution >= 0.6 is 0 Å². The number of hydrogen-bond acceptors (Lipinski definition) is 4. The SMILES string of the molecule is COC(C)(Cn1cnnc1)OC. The summed E-state index contributed by atoms with van der Waals surface area (Å²) in [5, 5.41) is 7.35. The fraction of sp³-hybridized carbons (Fsp3) is 0.714. The van der Waals surface area contributed by atoms with Crippen molar-refractivity contribution in [2.24, 2.45) is 0 Å². The summed E-state index contributed by atoms with van der Waals surface area (Å²) in [7, 11) is 3.21. The van der Waals surface area contributed by atoms with Gasteiger partial charge in [0, 0.05) is 14.2 Å². The number of nitrogens with zero attached hydrogens (tertiary/aromatic N) is 3. The summed E-state index contributed by atoms with van der Waals surface area (Å²) in [6, 6.07) is 0. The van der Waals surface area contributed by atoms with Crippen molar-refractivity contribution in [3.63, 3.8) is 0 Å². The van der Waals surface area contributed by atoms with Crippen molar-refractivity contribution in [2.75, 3.05) is 14.2 Å².